The topological polar surface area (TPSA) is 98.5 Å². The Labute approximate surface area is 124 Å². The van der Waals surface area contributed by atoms with Crippen molar-refractivity contribution >= 4 is 38.3 Å². The van der Waals surface area contributed by atoms with Crippen LogP contribution >= 0.6 is 22.6 Å². The monoisotopic (exact) mass is 400 g/mol. The number of nitrogens with one attached hydrogen (secondary N) is 1. The van der Waals surface area contributed by atoms with Gasteiger partial charge in [0.25, 0.3) is 0 Å². The highest BCUT2D eigenvalue weighted by atomic mass is 127. The largest absolute Gasteiger partial charge is 0.490 e. The number of hydrogen-bond acceptors (Lipinski definition) is 5. The van der Waals surface area contributed by atoms with Gasteiger partial charge >= 0.3 is 5.69 Å². The molecule has 0 aliphatic rings. The molecule has 0 atom stereocenters. The molecule has 0 saturated carbocycles. The second kappa shape index (κ2) is 7.01. The summed E-state index contributed by atoms with van der Waals surface area (Å²) in [5, 5.41) is 10.8. The lowest BCUT2D eigenvalue weighted by molar-refractivity contribution is -0.386. The molecule has 1 N–H and O–H groups in total. The molecule has 0 aromatic heterocycles. The maximum atomic E-state index is 11.9. The number of benzene rings is 1. The normalized spacial score (nSPS) is 11.3. The molecule has 0 heterocycles. The minimum Gasteiger partial charge on any atom is -0.490 e. The van der Waals surface area contributed by atoms with E-state index in [1.807, 2.05) is 0 Å². The third kappa shape index (κ3) is 4.28. The Morgan fingerprint density at radius 2 is 2.16 bits per heavy atom. The number of sulfonamides is 1. The van der Waals surface area contributed by atoms with Gasteiger partial charge in [0.2, 0.25) is 10.0 Å². The summed E-state index contributed by atoms with van der Waals surface area (Å²) < 4.78 is 31.8. The lowest BCUT2D eigenvalue weighted by Crippen LogP contribution is -2.25. The molecule has 1 rings (SSSR count). The molecule has 0 amide bonds. The minimum atomic E-state index is -3.73. The maximum absolute atomic E-state index is 11.9. The van der Waals surface area contributed by atoms with Crippen molar-refractivity contribution in [2.24, 2.45) is 0 Å². The molecule has 0 bridgehead atoms. The molecule has 1 aromatic carbocycles. The molecule has 0 radical (unpaired) electrons. The van der Waals surface area contributed by atoms with Crippen molar-refractivity contribution in [3.05, 3.63) is 28.3 Å². The van der Waals surface area contributed by atoms with Gasteiger partial charge in [-0.15, -0.1) is 0 Å². The van der Waals surface area contributed by atoms with E-state index in [0.717, 1.165) is 10.5 Å². The van der Waals surface area contributed by atoms with Crippen LogP contribution in [0.1, 0.15) is 6.42 Å². The number of nitro groups is 1. The molecule has 19 heavy (non-hydrogen) atoms. The van der Waals surface area contributed by atoms with Crippen LogP contribution in [-0.4, -0.2) is 31.4 Å². The molecule has 7 nitrogen and oxygen atoms in total. The van der Waals surface area contributed by atoms with Crippen LogP contribution in [0.2, 0.25) is 0 Å². The number of halogens is 1. The summed E-state index contributed by atoms with van der Waals surface area (Å²) in [5.41, 5.74) is -0.376. The van der Waals surface area contributed by atoms with Gasteiger partial charge in [-0.3, -0.25) is 10.1 Å². The van der Waals surface area contributed by atoms with Crippen molar-refractivity contribution in [3.63, 3.8) is 0 Å². The van der Waals surface area contributed by atoms with Crippen molar-refractivity contribution in [2.45, 2.75) is 11.3 Å². The number of hydrogen-bond donors (Lipinski definition) is 1. The van der Waals surface area contributed by atoms with Gasteiger partial charge in [0.15, 0.2) is 5.75 Å². The quantitative estimate of drug-likeness (QED) is 0.247. The summed E-state index contributed by atoms with van der Waals surface area (Å²) in [6.45, 7) is 0.297. The zero-order chi connectivity index (χ0) is 14.5. The van der Waals surface area contributed by atoms with E-state index in [0.29, 0.717) is 13.0 Å². The number of nitrogens with zero attached hydrogens (tertiary/aromatic N) is 1. The smallest absolute Gasteiger partial charge is 0.312 e. The Morgan fingerprint density at radius 3 is 2.68 bits per heavy atom. The van der Waals surface area contributed by atoms with Crippen LogP contribution in [0, 0.1) is 10.1 Å². The summed E-state index contributed by atoms with van der Waals surface area (Å²) in [7, 11) is -2.44. The third-order valence-electron chi connectivity index (χ3n) is 2.26. The minimum absolute atomic E-state index is 0.0243. The Kier molecular flexibility index (Phi) is 5.94. The van der Waals surface area contributed by atoms with Gasteiger partial charge in [0.05, 0.1) is 16.9 Å². The lowest BCUT2D eigenvalue weighted by Gasteiger charge is -2.07. The van der Waals surface area contributed by atoms with Crippen molar-refractivity contribution in [1.29, 1.82) is 0 Å². The van der Waals surface area contributed by atoms with E-state index in [9.17, 15) is 18.5 Å². The highest BCUT2D eigenvalue weighted by Crippen LogP contribution is 2.29. The van der Waals surface area contributed by atoms with Crippen LogP contribution in [0.15, 0.2) is 23.1 Å². The van der Waals surface area contributed by atoms with Crippen molar-refractivity contribution in [2.75, 3.05) is 18.1 Å². The molecule has 0 aliphatic heterocycles. The molecule has 0 aliphatic carbocycles. The molecule has 0 fully saturated rings. The average Bonchev–Trinajstić information content (AvgIpc) is 2.38. The molecular formula is C10H13IN2O5S. The van der Waals surface area contributed by atoms with Gasteiger partial charge in [-0.2, -0.15) is 0 Å². The van der Waals surface area contributed by atoms with E-state index in [2.05, 4.69) is 27.3 Å². The summed E-state index contributed by atoms with van der Waals surface area (Å²) in [5.74, 6) is 0.0243. The van der Waals surface area contributed by atoms with Crippen molar-refractivity contribution < 1.29 is 18.1 Å². The van der Waals surface area contributed by atoms with Gasteiger partial charge in [-0.05, 0) is 18.6 Å². The first-order valence-electron chi connectivity index (χ1n) is 5.30. The summed E-state index contributed by atoms with van der Waals surface area (Å²) in [4.78, 5) is 10.0. The fourth-order valence-corrected chi connectivity index (χ4v) is 2.81. The number of rotatable bonds is 7. The van der Waals surface area contributed by atoms with Crippen LogP contribution in [0.3, 0.4) is 0 Å². The third-order valence-corrected chi connectivity index (χ3v) is 4.48. The van der Waals surface area contributed by atoms with E-state index in [4.69, 9.17) is 4.74 Å². The zero-order valence-corrected chi connectivity index (χ0v) is 13.1. The van der Waals surface area contributed by atoms with Gasteiger partial charge in [0.1, 0.15) is 0 Å². The van der Waals surface area contributed by atoms with E-state index in [-0.39, 0.29) is 16.3 Å². The lowest BCUT2D eigenvalue weighted by atomic mass is 10.3. The van der Waals surface area contributed by atoms with Gasteiger partial charge in [-0.25, -0.2) is 13.1 Å². The van der Waals surface area contributed by atoms with E-state index < -0.39 is 14.9 Å². The fourth-order valence-electron chi connectivity index (χ4n) is 1.34. The van der Waals surface area contributed by atoms with E-state index in [1.54, 1.807) is 0 Å². The SMILES string of the molecule is COc1ccc(S(=O)(=O)NCCCI)cc1[N+](=O)[O-]. The molecule has 0 spiro atoms. The van der Waals surface area contributed by atoms with Gasteiger partial charge in [0, 0.05) is 17.0 Å². The second-order valence-corrected chi connectivity index (χ2v) is 6.38. The summed E-state index contributed by atoms with van der Waals surface area (Å²) >= 11 is 2.14. The first-order chi connectivity index (χ1) is 8.92. The highest BCUT2D eigenvalue weighted by molar-refractivity contribution is 14.1. The average molecular weight is 400 g/mol. The van der Waals surface area contributed by atoms with Gasteiger partial charge < -0.3 is 4.74 Å². The molecule has 0 saturated heterocycles. The fraction of sp³-hybridized carbons (Fsp3) is 0.400. The number of ether oxygens (including phenoxy) is 1. The molecular weight excluding hydrogens is 387 g/mol. The van der Waals surface area contributed by atoms with Crippen molar-refractivity contribution in [3.8, 4) is 5.75 Å². The van der Waals surface area contributed by atoms with Crippen LogP contribution in [-0.2, 0) is 10.0 Å². The van der Waals surface area contributed by atoms with Crippen LogP contribution < -0.4 is 9.46 Å². The zero-order valence-electron chi connectivity index (χ0n) is 10.1. The predicted molar refractivity (Wildman–Crippen MR) is 78.3 cm³/mol. The summed E-state index contributed by atoms with van der Waals surface area (Å²) in [6, 6.07) is 3.54. The van der Waals surface area contributed by atoms with E-state index >= 15 is 0 Å². The van der Waals surface area contributed by atoms with Crippen LogP contribution in [0.5, 0.6) is 5.75 Å². The Hall–Kier alpha value is -0.940. The van der Waals surface area contributed by atoms with E-state index in [1.165, 1.54) is 19.2 Å². The number of nitro benzene ring substituents is 1. The molecule has 0 unspecified atom stereocenters. The Bertz CT molecular complexity index is 561. The maximum Gasteiger partial charge on any atom is 0.312 e. The Morgan fingerprint density at radius 1 is 1.47 bits per heavy atom. The first kappa shape index (κ1) is 16.1. The number of alkyl halides is 1. The van der Waals surface area contributed by atoms with Crippen LogP contribution in [0.25, 0.3) is 0 Å². The second-order valence-electron chi connectivity index (χ2n) is 3.53. The standard InChI is InChI=1S/C10H13IN2O5S/c1-18-10-4-3-8(7-9(10)13(14)15)19(16,17)12-6-2-5-11/h3-4,7,12H,2,5-6H2,1H3. The predicted octanol–water partition coefficient (Wildman–Crippen LogP) is 1.71. The van der Waals surface area contributed by atoms with Crippen LogP contribution in [0.4, 0.5) is 5.69 Å². The molecule has 9 heteroatoms. The summed E-state index contributed by atoms with van der Waals surface area (Å²) in [6.07, 6.45) is 0.692. The van der Waals surface area contributed by atoms with Gasteiger partial charge in [-0.1, -0.05) is 22.6 Å². The molecule has 106 valence electrons. The highest BCUT2D eigenvalue weighted by Gasteiger charge is 2.21. The Balaban J connectivity index is 3.07. The molecule has 1 aromatic rings. The van der Waals surface area contributed by atoms with Crippen molar-refractivity contribution in [1.82, 2.24) is 4.72 Å². The number of methoxy groups -OCH3 is 1. The first-order valence-corrected chi connectivity index (χ1v) is 8.31.